The van der Waals surface area contributed by atoms with Gasteiger partial charge in [0.25, 0.3) is 5.91 Å². The van der Waals surface area contributed by atoms with Crippen LogP contribution in [-0.4, -0.2) is 37.6 Å². The zero-order valence-electron chi connectivity index (χ0n) is 25.0. The minimum Gasteiger partial charge on any atom is -0.497 e. The predicted octanol–water partition coefficient (Wildman–Crippen LogP) is 7.21. The monoisotopic (exact) mass is 631 g/mol. The number of aryl methyl sites for hydroxylation is 2. The van der Waals surface area contributed by atoms with Crippen LogP contribution in [0.2, 0.25) is 10.0 Å². The molecule has 1 aromatic heterocycles. The first-order valence-corrected chi connectivity index (χ1v) is 15.3. The number of carbonyl (C=O) groups excluding carboxylic acids is 2. The average molecular weight is 633 g/mol. The molecule has 3 aromatic carbocycles. The van der Waals surface area contributed by atoms with Crippen molar-refractivity contribution in [2.24, 2.45) is 0 Å². The van der Waals surface area contributed by atoms with Gasteiger partial charge in [0, 0.05) is 51.9 Å². The topological polar surface area (TPSA) is 80.8 Å². The fourth-order valence-electron chi connectivity index (χ4n) is 5.70. The molecule has 2 amide bonds. The van der Waals surface area contributed by atoms with E-state index >= 15 is 0 Å². The first-order chi connectivity index (χ1) is 21.2. The minimum absolute atomic E-state index is 0.0353. The number of nitrogens with zero attached hydrogens (tertiary/aromatic N) is 2. The lowest BCUT2D eigenvalue weighted by Crippen LogP contribution is -2.38. The maximum atomic E-state index is 14.2. The summed E-state index contributed by atoms with van der Waals surface area (Å²) in [5.41, 5.74) is 4.20. The molecule has 2 heterocycles. The molecule has 0 saturated heterocycles. The molecule has 5 rings (SSSR count). The van der Waals surface area contributed by atoms with Gasteiger partial charge in [-0.25, -0.2) is 0 Å². The number of aromatic nitrogens is 1. The van der Waals surface area contributed by atoms with Gasteiger partial charge in [0.2, 0.25) is 5.91 Å². The van der Waals surface area contributed by atoms with Crippen LogP contribution < -0.4 is 19.7 Å². The highest BCUT2D eigenvalue weighted by Crippen LogP contribution is 2.47. The van der Waals surface area contributed by atoms with E-state index in [1.807, 2.05) is 55.5 Å². The summed E-state index contributed by atoms with van der Waals surface area (Å²) < 4.78 is 10.9. The maximum Gasteiger partial charge on any atom is 0.251 e. The van der Waals surface area contributed by atoms with E-state index in [1.54, 1.807) is 49.7 Å². The number of amides is 2. The van der Waals surface area contributed by atoms with Gasteiger partial charge in [-0.1, -0.05) is 23.2 Å². The zero-order chi connectivity index (χ0) is 31.3. The van der Waals surface area contributed by atoms with Gasteiger partial charge >= 0.3 is 0 Å². The number of halogens is 2. The number of hydrogen-bond donors (Lipinski definition) is 1. The van der Waals surface area contributed by atoms with E-state index in [4.69, 9.17) is 32.7 Å². The SMILES string of the molecule is COc1ccc(CN2C(=O)C(C)(CCc3cc(C(=O)NCCCc4ccncc4)ccc3Cl)c3cc(Cl)ccc32)c(OC)c1. The molecule has 0 spiro atoms. The maximum absolute atomic E-state index is 14.2. The molecule has 1 N–H and O–H groups in total. The predicted molar refractivity (Wildman–Crippen MR) is 174 cm³/mol. The Kier molecular flexibility index (Phi) is 9.77. The lowest BCUT2D eigenvalue weighted by molar-refractivity contribution is -0.123. The number of rotatable bonds is 12. The summed E-state index contributed by atoms with van der Waals surface area (Å²) in [6, 6.07) is 20.4. The number of nitrogens with one attached hydrogen (secondary N) is 1. The van der Waals surface area contributed by atoms with Gasteiger partial charge in [-0.3, -0.25) is 14.6 Å². The van der Waals surface area contributed by atoms with Crippen molar-refractivity contribution in [1.29, 1.82) is 0 Å². The van der Waals surface area contributed by atoms with Gasteiger partial charge in [-0.05, 0) is 110 Å². The van der Waals surface area contributed by atoms with E-state index in [-0.39, 0.29) is 11.8 Å². The number of anilines is 1. The molecule has 4 aromatic rings. The Morgan fingerprint density at radius 2 is 1.73 bits per heavy atom. The van der Waals surface area contributed by atoms with Crippen LogP contribution in [0.15, 0.2) is 79.1 Å². The number of benzene rings is 3. The van der Waals surface area contributed by atoms with E-state index in [0.717, 1.165) is 35.2 Å². The second-order valence-corrected chi connectivity index (χ2v) is 11.9. The fraction of sp³-hybridized carbons (Fsp3) is 0.286. The van der Waals surface area contributed by atoms with E-state index in [9.17, 15) is 9.59 Å². The number of methoxy groups -OCH3 is 2. The number of fused-ring (bicyclic) bond motifs is 1. The second-order valence-electron chi connectivity index (χ2n) is 11.1. The van der Waals surface area contributed by atoms with Crippen molar-refractivity contribution in [3.8, 4) is 11.5 Å². The summed E-state index contributed by atoms with van der Waals surface area (Å²) in [6.07, 6.45) is 6.19. The molecule has 44 heavy (non-hydrogen) atoms. The Morgan fingerprint density at radius 1 is 0.932 bits per heavy atom. The molecule has 0 bridgehead atoms. The highest BCUT2D eigenvalue weighted by molar-refractivity contribution is 6.31. The molecule has 9 heteroatoms. The van der Waals surface area contributed by atoms with Gasteiger partial charge in [-0.15, -0.1) is 0 Å². The highest BCUT2D eigenvalue weighted by atomic mass is 35.5. The molecular formula is C35H35Cl2N3O4. The highest BCUT2D eigenvalue weighted by Gasteiger charge is 2.47. The van der Waals surface area contributed by atoms with E-state index in [0.29, 0.717) is 53.0 Å². The summed E-state index contributed by atoms with van der Waals surface area (Å²) in [7, 11) is 3.20. The molecular weight excluding hydrogens is 597 g/mol. The molecule has 1 aliphatic rings. The van der Waals surface area contributed by atoms with Crippen molar-refractivity contribution >= 4 is 40.7 Å². The van der Waals surface area contributed by atoms with Crippen LogP contribution in [0.5, 0.6) is 11.5 Å². The number of pyridine rings is 1. The van der Waals surface area contributed by atoms with Gasteiger partial charge in [0.05, 0.1) is 26.2 Å². The third-order valence-corrected chi connectivity index (χ3v) is 8.87. The summed E-state index contributed by atoms with van der Waals surface area (Å²) >= 11 is 13.0. The van der Waals surface area contributed by atoms with Crippen molar-refractivity contribution in [2.45, 2.75) is 44.6 Å². The van der Waals surface area contributed by atoms with Crippen LogP contribution in [0.25, 0.3) is 0 Å². The van der Waals surface area contributed by atoms with Crippen LogP contribution in [0.4, 0.5) is 5.69 Å². The summed E-state index contributed by atoms with van der Waals surface area (Å²) in [5, 5.41) is 4.12. The Balaban J connectivity index is 1.31. The van der Waals surface area contributed by atoms with Crippen LogP contribution in [-0.2, 0) is 29.6 Å². The molecule has 0 radical (unpaired) electrons. The average Bonchev–Trinajstić information content (AvgIpc) is 3.24. The molecule has 0 saturated carbocycles. The largest absolute Gasteiger partial charge is 0.497 e. The molecule has 7 nitrogen and oxygen atoms in total. The molecule has 0 aliphatic carbocycles. The Hall–Kier alpha value is -4.07. The zero-order valence-corrected chi connectivity index (χ0v) is 26.5. The molecule has 1 atom stereocenters. The number of ether oxygens (including phenoxy) is 2. The molecule has 228 valence electrons. The Morgan fingerprint density at radius 3 is 2.48 bits per heavy atom. The van der Waals surface area contributed by atoms with Crippen molar-refractivity contribution in [3.63, 3.8) is 0 Å². The van der Waals surface area contributed by atoms with Gasteiger partial charge in [0.15, 0.2) is 0 Å². The van der Waals surface area contributed by atoms with Crippen molar-refractivity contribution in [3.05, 3.63) is 117 Å². The smallest absolute Gasteiger partial charge is 0.251 e. The quantitative estimate of drug-likeness (QED) is 0.167. The minimum atomic E-state index is -0.853. The first kappa shape index (κ1) is 31.4. The number of carbonyl (C=O) groups is 2. The van der Waals surface area contributed by atoms with Crippen molar-refractivity contribution < 1.29 is 19.1 Å². The lowest BCUT2D eigenvalue weighted by Gasteiger charge is -2.25. The lowest BCUT2D eigenvalue weighted by atomic mass is 9.78. The normalized spacial score (nSPS) is 15.7. The molecule has 1 aliphatic heterocycles. The van der Waals surface area contributed by atoms with Crippen LogP contribution in [0.3, 0.4) is 0 Å². The van der Waals surface area contributed by atoms with Crippen LogP contribution in [0, 0.1) is 0 Å². The number of hydrogen-bond acceptors (Lipinski definition) is 5. The van der Waals surface area contributed by atoms with Gasteiger partial charge in [-0.2, -0.15) is 0 Å². The van der Waals surface area contributed by atoms with Crippen LogP contribution >= 0.6 is 23.2 Å². The van der Waals surface area contributed by atoms with Crippen molar-refractivity contribution in [2.75, 3.05) is 25.7 Å². The van der Waals surface area contributed by atoms with E-state index < -0.39 is 5.41 Å². The fourth-order valence-corrected chi connectivity index (χ4v) is 6.08. The summed E-state index contributed by atoms with van der Waals surface area (Å²) in [4.78, 5) is 32.9. The molecule has 1 unspecified atom stereocenters. The first-order valence-electron chi connectivity index (χ1n) is 14.5. The van der Waals surface area contributed by atoms with E-state index in [1.165, 1.54) is 5.56 Å². The summed E-state index contributed by atoms with van der Waals surface area (Å²) in [6.45, 7) is 2.83. The summed E-state index contributed by atoms with van der Waals surface area (Å²) in [5.74, 6) is 1.12. The van der Waals surface area contributed by atoms with Gasteiger partial charge < -0.3 is 19.7 Å². The van der Waals surface area contributed by atoms with Gasteiger partial charge in [0.1, 0.15) is 11.5 Å². The van der Waals surface area contributed by atoms with Crippen molar-refractivity contribution in [1.82, 2.24) is 10.3 Å². The second kappa shape index (κ2) is 13.7. The molecule has 0 fully saturated rings. The standard InChI is InChI=1S/C35H35Cl2N3O4/c1-35(15-12-24-19-25(7-10-30(24)37)33(41)39-16-4-5-23-13-17-38-18-14-23)29-20-27(36)8-11-31(29)40(34(35)42)22-26-6-9-28(43-2)21-32(26)44-3/h6-11,13-14,17-21H,4-5,12,15-16,22H2,1-3H3,(H,39,41). The van der Waals surface area contributed by atoms with E-state index in [2.05, 4.69) is 10.3 Å². The third kappa shape index (κ3) is 6.69. The Labute approximate surface area is 268 Å². The van der Waals surface area contributed by atoms with Crippen LogP contribution in [0.1, 0.15) is 52.4 Å². The third-order valence-electron chi connectivity index (χ3n) is 8.26. The Bertz CT molecular complexity index is 1660.